The molecule has 0 fully saturated rings. The van der Waals surface area contributed by atoms with Crippen molar-refractivity contribution < 1.29 is 9.53 Å². The van der Waals surface area contributed by atoms with E-state index in [0.717, 1.165) is 5.56 Å². The first-order chi connectivity index (χ1) is 9.20. The lowest BCUT2D eigenvalue weighted by Crippen LogP contribution is -2.11. The highest BCUT2D eigenvalue weighted by Gasteiger charge is 2.09. The van der Waals surface area contributed by atoms with E-state index in [1.54, 1.807) is 24.5 Å². The van der Waals surface area contributed by atoms with E-state index in [4.69, 9.17) is 0 Å². The van der Waals surface area contributed by atoms with Crippen LogP contribution in [0.5, 0.6) is 0 Å². The lowest BCUT2D eigenvalue weighted by atomic mass is 10.1. The molecule has 2 heterocycles. The van der Waals surface area contributed by atoms with Gasteiger partial charge >= 0.3 is 5.97 Å². The molecule has 0 saturated heterocycles. The quantitative estimate of drug-likeness (QED) is 0.843. The summed E-state index contributed by atoms with van der Waals surface area (Å²) in [4.78, 5) is 15.3. The average Bonchev–Trinajstić information content (AvgIpc) is 2.48. The zero-order valence-corrected chi connectivity index (χ0v) is 10.7. The largest absolute Gasteiger partial charge is 0.464 e. The molecule has 0 aliphatic heterocycles. The standard InChI is InChI=1S/C13H14N4O2/c1-9(10-4-3-7-14-8-10)15-12-6-5-11(16-17-12)13(18)19-2/h3-9H,1-2H3,(H,15,17). The molecule has 0 radical (unpaired) electrons. The first-order valence-corrected chi connectivity index (χ1v) is 5.79. The molecule has 0 spiro atoms. The van der Waals surface area contributed by atoms with Gasteiger partial charge < -0.3 is 10.1 Å². The van der Waals surface area contributed by atoms with Gasteiger partial charge in [0.25, 0.3) is 0 Å². The Labute approximate surface area is 110 Å². The van der Waals surface area contributed by atoms with Crippen LogP contribution in [0.4, 0.5) is 5.82 Å². The number of carbonyl (C=O) groups excluding carboxylic acids is 1. The lowest BCUT2D eigenvalue weighted by molar-refractivity contribution is 0.0593. The van der Waals surface area contributed by atoms with Crippen molar-refractivity contribution in [1.82, 2.24) is 15.2 Å². The first-order valence-electron chi connectivity index (χ1n) is 5.79. The second-order valence-electron chi connectivity index (χ2n) is 3.95. The summed E-state index contributed by atoms with van der Waals surface area (Å²) < 4.78 is 4.56. The summed E-state index contributed by atoms with van der Waals surface area (Å²) in [6, 6.07) is 7.15. The van der Waals surface area contributed by atoms with Crippen LogP contribution in [0.25, 0.3) is 0 Å². The number of nitrogens with zero attached hydrogens (tertiary/aromatic N) is 3. The topological polar surface area (TPSA) is 77.0 Å². The van der Waals surface area contributed by atoms with Crippen LogP contribution in [-0.2, 0) is 4.74 Å². The highest BCUT2D eigenvalue weighted by molar-refractivity contribution is 5.86. The van der Waals surface area contributed by atoms with Gasteiger partial charge in [-0.1, -0.05) is 6.07 Å². The first kappa shape index (κ1) is 12.9. The molecule has 0 aliphatic rings. The minimum atomic E-state index is -0.501. The van der Waals surface area contributed by atoms with Gasteiger partial charge in [0.15, 0.2) is 5.69 Å². The molecular formula is C13H14N4O2. The molecule has 0 bridgehead atoms. The van der Waals surface area contributed by atoms with Gasteiger partial charge in [-0.3, -0.25) is 4.98 Å². The predicted octanol–water partition coefficient (Wildman–Crippen LogP) is 1.83. The Bertz CT molecular complexity index is 542. The summed E-state index contributed by atoms with van der Waals surface area (Å²) >= 11 is 0. The van der Waals surface area contributed by atoms with Gasteiger partial charge in [0.2, 0.25) is 0 Å². The lowest BCUT2D eigenvalue weighted by Gasteiger charge is -2.13. The van der Waals surface area contributed by atoms with E-state index in [-0.39, 0.29) is 11.7 Å². The summed E-state index contributed by atoms with van der Waals surface area (Å²) in [7, 11) is 1.31. The van der Waals surface area contributed by atoms with Crippen LogP contribution in [0.3, 0.4) is 0 Å². The minimum absolute atomic E-state index is 0.0481. The Kier molecular flexibility index (Phi) is 4.02. The van der Waals surface area contributed by atoms with E-state index in [1.165, 1.54) is 7.11 Å². The van der Waals surface area contributed by atoms with Crippen LogP contribution >= 0.6 is 0 Å². The summed E-state index contributed by atoms with van der Waals surface area (Å²) in [6.07, 6.45) is 3.51. The molecule has 6 heteroatoms. The molecule has 1 unspecified atom stereocenters. The number of esters is 1. The second kappa shape index (κ2) is 5.90. The maximum Gasteiger partial charge on any atom is 0.358 e. The van der Waals surface area contributed by atoms with Crippen LogP contribution in [0.1, 0.15) is 29.0 Å². The normalized spacial score (nSPS) is 11.7. The van der Waals surface area contributed by atoms with Crippen molar-refractivity contribution in [2.45, 2.75) is 13.0 Å². The molecule has 6 nitrogen and oxygen atoms in total. The molecule has 2 aromatic heterocycles. The number of rotatable bonds is 4. The van der Waals surface area contributed by atoms with E-state index < -0.39 is 5.97 Å². The number of aromatic nitrogens is 3. The average molecular weight is 258 g/mol. The zero-order valence-electron chi connectivity index (χ0n) is 10.7. The van der Waals surface area contributed by atoms with E-state index in [0.29, 0.717) is 5.82 Å². The smallest absolute Gasteiger partial charge is 0.358 e. The maximum absolute atomic E-state index is 11.2. The van der Waals surface area contributed by atoms with E-state index in [1.807, 2.05) is 19.1 Å². The van der Waals surface area contributed by atoms with Gasteiger partial charge in [-0.25, -0.2) is 4.79 Å². The molecule has 0 saturated carbocycles. The number of nitrogens with one attached hydrogen (secondary N) is 1. The fraction of sp³-hybridized carbons (Fsp3) is 0.231. The molecular weight excluding hydrogens is 244 g/mol. The van der Waals surface area contributed by atoms with Crippen molar-refractivity contribution in [3.63, 3.8) is 0 Å². The molecule has 1 N–H and O–H groups in total. The van der Waals surface area contributed by atoms with Crippen LogP contribution in [0.15, 0.2) is 36.7 Å². The van der Waals surface area contributed by atoms with Crippen LogP contribution < -0.4 is 5.32 Å². The third-order valence-electron chi connectivity index (χ3n) is 2.61. The van der Waals surface area contributed by atoms with Crippen molar-refractivity contribution in [3.05, 3.63) is 47.9 Å². The monoisotopic (exact) mass is 258 g/mol. The number of pyridine rings is 1. The van der Waals surface area contributed by atoms with Gasteiger partial charge in [0.1, 0.15) is 5.82 Å². The summed E-state index contributed by atoms with van der Waals surface area (Å²) in [5.41, 5.74) is 1.23. The number of carbonyl (C=O) groups is 1. The Morgan fingerprint density at radius 1 is 1.32 bits per heavy atom. The molecule has 98 valence electrons. The maximum atomic E-state index is 11.2. The van der Waals surface area contributed by atoms with Crippen LogP contribution in [-0.4, -0.2) is 28.3 Å². The van der Waals surface area contributed by atoms with Gasteiger partial charge in [0, 0.05) is 12.4 Å². The molecule has 2 rings (SSSR count). The van der Waals surface area contributed by atoms with Gasteiger partial charge in [-0.2, -0.15) is 0 Å². The van der Waals surface area contributed by atoms with Gasteiger partial charge in [-0.15, -0.1) is 10.2 Å². The van der Waals surface area contributed by atoms with Crippen molar-refractivity contribution in [2.24, 2.45) is 0 Å². The SMILES string of the molecule is COC(=O)c1ccc(NC(C)c2cccnc2)nn1. The van der Waals surface area contributed by atoms with E-state index >= 15 is 0 Å². The highest BCUT2D eigenvalue weighted by atomic mass is 16.5. The molecule has 0 aromatic carbocycles. The Balaban J connectivity index is 2.06. The third-order valence-corrected chi connectivity index (χ3v) is 2.61. The molecule has 0 amide bonds. The van der Waals surface area contributed by atoms with Crippen LogP contribution in [0.2, 0.25) is 0 Å². The van der Waals surface area contributed by atoms with E-state index in [9.17, 15) is 4.79 Å². The van der Waals surface area contributed by atoms with Gasteiger partial charge in [0.05, 0.1) is 13.2 Å². The fourth-order valence-electron chi connectivity index (χ4n) is 1.56. The number of ether oxygens (including phenoxy) is 1. The number of anilines is 1. The Morgan fingerprint density at radius 3 is 2.74 bits per heavy atom. The van der Waals surface area contributed by atoms with Crippen molar-refractivity contribution in [1.29, 1.82) is 0 Å². The van der Waals surface area contributed by atoms with Crippen molar-refractivity contribution in [2.75, 3.05) is 12.4 Å². The molecule has 19 heavy (non-hydrogen) atoms. The Hall–Kier alpha value is -2.50. The van der Waals surface area contributed by atoms with E-state index in [2.05, 4.69) is 25.2 Å². The highest BCUT2D eigenvalue weighted by Crippen LogP contribution is 2.16. The van der Waals surface area contributed by atoms with Gasteiger partial charge in [-0.05, 0) is 30.7 Å². The number of hydrogen-bond acceptors (Lipinski definition) is 6. The minimum Gasteiger partial charge on any atom is -0.464 e. The summed E-state index contributed by atoms with van der Waals surface area (Å²) in [5, 5.41) is 10.9. The predicted molar refractivity (Wildman–Crippen MR) is 69.6 cm³/mol. The van der Waals surface area contributed by atoms with Crippen LogP contribution in [0, 0.1) is 0 Å². The summed E-state index contributed by atoms with van der Waals surface area (Å²) in [6.45, 7) is 1.99. The summed E-state index contributed by atoms with van der Waals surface area (Å²) in [5.74, 6) is 0.0864. The van der Waals surface area contributed by atoms with Crippen molar-refractivity contribution >= 4 is 11.8 Å². The molecule has 0 aliphatic carbocycles. The molecule has 2 aromatic rings. The molecule has 1 atom stereocenters. The third kappa shape index (κ3) is 3.25. The van der Waals surface area contributed by atoms with Crippen molar-refractivity contribution in [3.8, 4) is 0 Å². The fourth-order valence-corrected chi connectivity index (χ4v) is 1.56. The second-order valence-corrected chi connectivity index (χ2v) is 3.95. The number of methoxy groups -OCH3 is 1. The number of hydrogen-bond donors (Lipinski definition) is 1. The Morgan fingerprint density at radius 2 is 2.16 bits per heavy atom. The zero-order chi connectivity index (χ0) is 13.7.